The summed E-state index contributed by atoms with van der Waals surface area (Å²) in [6.45, 7) is 3.48. The summed E-state index contributed by atoms with van der Waals surface area (Å²) in [5.41, 5.74) is 0.787. The number of hydrogen-bond acceptors (Lipinski definition) is 4. The van der Waals surface area contributed by atoms with Gasteiger partial charge in [0.15, 0.2) is 6.10 Å². The van der Waals surface area contributed by atoms with Crippen LogP contribution in [0.3, 0.4) is 0 Å². The summed E-state index contributed by atoms with van der Waals surface area (Å²) >= 11 is 0. The molecule has 18 heavy (non-hydrogen) atoms. The molecule has 2 unspecified atom stereocenters. The number of esters is 1. The van der Waals surface area contributed by atoms with Gasteiger partial charge in [0.05, 0.1) is 7.11 Å². The lowest BCUT2D eigenvalue weighted by Gasteiger charge is -2.19. The molecule has 2 atom stereocenters. The summed E-state index contributed by atoms with van der Waals surface area (Å²) in [4.78, 5) is 11.3. The summed E-state index contributed by atoms with van der Waals surface area (Å²) in [6, 6.07) is 4.25. The third kappa shape index (κ3) is 3.43. The summed E-state index contributed by atoms with van der Waals surface area (Å²) in [7, 11) is 3.08. The van der Waals surface area contributed by atoms with Crippen molar-refractivity contribution in [3.05, 3.63) is 29.6 Å². The maximum absolute atomic E-state index is 13.2. The van der Waals surface area contributed by atoms with E-state index in [4.69, 9.17) is 4.74 Å². The van der Waals surface area contributed by atoms with E-state index in [-0.39, 0.29) is 6.04 Å². The van der Waals surface area contributed by atoms with E-state index in [1.165, 1.54) is 19.2 Å². The fraction of sp³-hybridized carbons (Fsp3) is 0.462. The van der Waals surface area contributed by atoms with E-state index in [1.54, 1.807) is 20.0 Å². The molecule has 0 aliphatic carbocycles. The van der Waals surface area contributed by atoms with Crippen molar-refractivity contribution in [1.29, 1.82) is 0 Å². The minimum absolute atomic E-state index is 0.00885. The molecule has 4 nitrogen and oxygen atoms in total. The normalized spacial score (nSPS) is 13.8. The molecule has 0 saturated heterocycles. The van der Waals surface area contributed by atoms with Gasteiger partial charge in [-0.1, -0.05) is 6.07 Å². The van der Waals surface area contributed by atoms with Crippen LogP contribution in [-0.2, 0) is 9.53 Å². The third-order valence-electron chi connectivity index (χ3n) is 2.71. The fourth-order valence-electron chi connectivity index (χ4n) is 1.53. The van der Waals surface area contributed by atoms with E-state index in [9.17, 15) is 9.18 Å². The van der Waals surface area contributed by atoms with Crippen LogP contribution in [0, 0.1) is 5.82 Å². The van der Waals surface area contributed by atoms with Gasteiger partial charge in [0, 0.05) is 17.7 Å². The molecular formula is C13H18FNO3. The Labute approximate surface area is 106 Å². The Morgan fingerprint density at radius 3 is 2.61 bits per heavy atom. The van der Waals surface area contributed by atoms with Crippen LogP contribution in [0.5, 0.6) is 5.75 Å². The monoisotopic (exact) mass is 255 g/mol. The second kappa shape index (κ2) is 6.35. The first kappa shape index (κ1) is 14.4. The van der Waals surface area contributed by atoms with Gasteiger partial charge in [-0.2, -0.15) is 0 Å². The number of halogens is 1. The van der Waals surface area contributed by atoms with Gasteiger partial charge >= 0.3 is 5.97 Å². The van der Waals surface area contributed by atoms with Crippen molar-refractivity contribution in [2.75, 3.05) is 14.2 Å². The first-order chi connectivity index (χ1) is 8.49. The van der Waals surface area contributed by atoms with Crippen LogP contribution in [-0.4, -0.2) is 26.2 Å². The maximum Gasteiger partial charge on any atom is 0.346 e. The molecule has 0 aliphatic heterocycles. The minimum atomic E-state index is -0.778. The molecule has 0 heterocycles. The van der Waals surface area contributed by atoms with E-state index < -0.39 is 17.9 Å². The molecule has 0 fully saturated rings. The standard InChI is InChI=1S/C13H18FNO3/c1-8(15-3)11-6-5-10(14)7-12(11)18-9(2)13(16)17-4/h5-9,15H,1-4H3. The zero-order valence-electron chi connectivity index (χ0n) is 11.0. The van der Waals surface area contributed by atoms with Crippen molar-refractivity contribution in [3.63, 3.8) is 0 Å². The number of carbonyl (C=O) groups excluding carboxylic acids is 1. The Morgan fingerprint density at radius 2 is 2.06 bits per heavy atom. The van der Waals surface area contributed by atoms with Crippen LogP contribution in [0.25, 0.3) is 0 Å². The third-order valence-corrected chi connectivity index (χ3v) is 2.71. The molecule has 0 bridgehead atoms. The SMILES string of the molecule is CNC(C)c1ccc(F)cc1OC(C)C(=O)OC. The molecule has 0 aliphatic rings. The lowest BCUT2D eigenvalue weighted by Crippen LogP contribution is -2.26. The molecule has 0 saturated carbocycles. The molecule has 100 valence electrons. The summed E-state index contributed by atoms with van der Waals surface area (Å²) in [5.74, 6) is -0.564. The zero-order chi connectivity index (χ0) is 13.7. The van der Waals surface area contributed by atoms with Gasteiger partial charge in [-0.25, -0.2) is 9.18 Å². The highest BCUT2D eigenvalue weighted by Crippen LogP contribution is 2.27. The molecule has 1 rings (SSSR count). The van der Waals surface area contributed by atoms with Crippen LogP contribution >= 0.6 is 0 Å². The largest absolute Gasteiger partial charge is 0.479 e. The highest BCUT2D eigenvalue weighted by molar-refractivity contribution is 5.74. The van der Waals surface area contributed by atoms with Crippen LogP contribution in [0.4, 0.5) is 4.39 Å². The Hall–Kier alpha value is -1.62. The summed E-state index contributed by atoms with van der Waals surface area (Å²) < 4.78 is 23.2. The predicted octanol–water partition coefficient (Wildman–Crippen LogP) is 2.05. The molecule has 1 aromatic rings. The second-order valence-electron chi connectivity index (χ2n) is 3.98. The Balaban J connectivity index is 2.98. The van der Waals surface area contributed by atoms with Crippen molar-refractivity contribution in [3.8, 4) is 5.75 Å². The van der Waals surface area contributed by atoms with Gasteiger partial charge < -0.3 is 14.8 Å². The van der Waals surface area contributed by atoms with Gasteiger partial charge in [-0.15, -0.1) is 0 Å². The number of rotatable bonds is 5. The average molecular weight is 255 g/mol. The summed E-state index contributed by atoms with van der Waals surface area (Å²) in [5, 5.41) is 3.04. The lowest BCUT2D eigenvalue weighted by atomic mass is 10.1. The topological polar surface area (TPSA) is 47.6 Å². The Kier molecular flexibility index (Phi) is 5.09. The molecular weight excluding hydrogens is 237 g/mol. The van der Waals surface area contributed by atoms with Crippen molar-refractivity contribution in [2.24, 2.45) is 0 Å². The van der Waals surface area contributed by atoms with E-state index >= 15 is 0 Å². The van der Waals surface area contributed by atoms with Crippen molar-refractivity contribution in [1.82, 2.24) is 5.32 Å². The lowest BCUT2D eigenvalue weighted by molar-refractivity contribution is -0.147. The molecule has 0 spiro atoms. The number of hydrogen-bond donors (Lipinski definition) is 1. The number of nitrogens with one attached hydrogen (secondary N) is 1. The van der Waals surface area contributed by atoms with Gasteiger partial charge in [0.25, 0.3) is 0 Å². The number of ether oxygens (including phenoxy) is 2. The van der Waals surface area contributed by atoms with Gasteiger partial charge in [0.1, 0.15) is 11.6 Å². The maximum atomic E-state index is 13.2. The van der Waals surface area contributed by atoms with Crippen molar-refractivity contribution < 1.29 is 18.7 Å². The van der Waals surface area contributed by atoms with E-state index in [0.717, 1.165) is 5.56 Å². The number of carbonyl (C=O) groups is 1. The van der Waals surface area contributed by atoms with Crippen molar-refractivity contribution in [2.45, 2.75) is 26.0 Å². The van der Waals surface area contributed by atoms with Gasteiger partial charge in [0.2, 0.25) is 0 Å². The van der Waals surface area contributed by atoms with Crippen LogP contribution in [0.15, 0.2) is 18.2 Å². The van der Waals surface area contributed by atoms with E-state index in [1.807, 2.05) is 6.92 Å². The Bertz CT molecular complexity index is 423. The van der Waals surface area contributed by atoms with Crippen LogP contribution < -0.4 is 10.1 Å². The quantitative estimate of drug-likeness (QED) is 0.818. The second-order valence-corrected chi connectivity index (χ2v) is 3.98. The number of methoxy groups -OCH3 is 1. The minimum Gasteiger partial charge on any atom is -0.479 e. The van der Waals surface area contributed by atoms with E-state index in [0.29, 0.717) is 5.75 Å². The average Bonchev–Trinajstić information content (AvgIpc) is 2.37. The summed E-state index contributed by atoms with van der Waals surface area (Å²) in [6.07, 6.45) is -0.778. The molecule has 0 amide bonds. The zero-order valence-corrected chi connectivity index (χ0v) is 11.0. The van der Waals surface area contributed by atoms with Crippen molar-refractivity contribution >= 4 is 5.97 Å². The fourth-order valence-corrected chi connectivity index (χ4v) is 1.53. The highest BCUT2D eigenvalue weighted by Gasteiger charge is 2.18. The molecule has 1 N–H and O–H groups in total. The van der Waals surface area contributed by atoms with Gasteiger partial charge in [-0.05, 0) is 27.0 Å². The van der Waals surface area contributed by atoms with Crippen LogP contribution in [0.1, 0.15) is 25.5 Å². The first-order valence-electron chi connectivity index (χ1n) is 5.70. The molecule has 1 aromatic carbocycles. The number of benzene rings is 1. The molecule has 0 aromatic heterocycles. The van der Waals surface area contributed by atoms with Gasteiger partial charge in [-0.3, -0.25) is 0 Å². The predicted molar refractivity (Wildman–Crippen MR) is 66.0 cm³/mol. The molecule has 5 heteroatoms. The van der Waals surface area contributed by atoms with E-state index in [2.05, 4.69) is 10.1 Å². The highest BCUT2D eigenvalue weighted by atomic mass is 19.1. The smallest absolute Gasteiger partial charge is 0.346 e. The molecule has 0 radical (unpaired) electrons. The first-order valence-corrected chi connectivity index (χ1v) is 5.70. The Morgan fingerprint density at radius 1 is 1.39 bits per heavy atom. The van der Waals surface area contributed by atoms with Crippen LogP contribution in [0.2, 0.25) is 0 Å².